The van der Waals surface area contributed by atoms with E-state index in [1.54, 1.807) is 7.05 Å². The number of hydrogen-bond donors (Lipinski definition) is 1. The van der Waals surface area contributed by atoms with E-state index in [9.17, 15) is 9.00 Å². The Bertz CT molecular complexity index is 707. The molecule has 28 heavy (non-hydrogen) atoms. The van der Waals surface area contributed by atoms with E-state index in [-0.39, 0.29) is 41.2 Å². The molecule has 0 bridgehead atoms. The molecular weight excluding hydrogens is 511 g/mol. The maximum Gasteiger partial charge on any atom is 0.242 e. The fourth-order valence-corrected chi connectivity index (χ4v) is 3.79. The molecule has 1 amide bonds. The first-order chi connectivity index (χ1) is 12.7. The van der Waals surface area contributed by atoms with Crippen LogP contribution in [-0.4, -0.2) is 69.6 Å². The average Bonchev–Trinajstić information content (AvgIpc) is 2.61. The Balaban J connectivity index is 0.00000392. The minimum Gasteiger partial charge on any atom is -0.355 e. The molecule has 6 nitrogen and oxygen atoms in total. The van der Waals surface area contributed by atoms with Gasteiger partial charge in [-0.05, 0) is 38.5 Å². The van der Waals surface area contributed by atoms with Crippen LogP contribution in [-0.2, 0) is 22.1 Å². The number of nitrogens with one attached hydrogen (secondary N) is 1. The lowest BCUT2D eigenvalue weighted by atomic mass is 10.2. The molecule has 9 heteroatoms. The highest BCUT2D eigenvalue weighted by molar-refractivity contribution is 14.0. The summed E-state index contributed by atoms with van der Waals surface area (Å²) in [6, 6.07) is 7.56. The number of hydrogen-bond acceptors (Lipinski definition) is 3. The highest BCUT2D eigenvalue weighted by Crippen LogP contribution is 2.14. The van der Waals surface area contributed by atoms with Crippen LogP contribution in [0.3, 0.4) is 0 Å². The molecule has 1 aromatic rings. The Morgan fingerprint density at radius 1 is 1.25 bits per heavy atom. The van der Waals surface area contributed by atoms with Gasteiger partial charge in [0.05, 0.1) is 6.54 Å². The second kappa shape index (κ2) is 11.3. The smallest absolute Gasteiger partial charge is 0.242 e. The van der Waals surface area contributed by atoms with E-state index >= 15 is 0 Å². The lowest BCUT2D eigenvalue weighted by Gasteiger charge is -2.36. The summed E-state index contributed by atoms with van der Waals surface area (Å²) in [7, 11) is 0.784. The molecule has 0 aliphatic carbocycles. The fourth-order valence-electron chi connectivity index (χ4n) is 2.76. The number of aliphatic imine (C=N–C) groups is 1. The molecule has 1 unspecified atom stereocenters. The van der Waals surface area contributed by atoms with Gasteiger partial charge in [-0.15, -0.1) is 24.0 Å². The highest BCUT2D eigenvalue weighted by atomic mass is 127. The average molecular weight is 541 g/mol. The molecular formula is C19H30ClIN4O2S. The van der Waals surface area contributed by atoms with Crippen molar-refractivity contribution < 1.29 is 9.00 Å². The van der Waals surface area contributed by atoms with E-state index in [0.29, 0.717) is 42.9 Å². The van der Waals surface area contributed by atoms with Gasteiger partial charge in [-0.3, -0.25) is 14.0 Å². The summed E-state index contributed by atoms with van der Waals surface area (Å²) >= 11 is 5.91. The lowest BCUT2D eigenvalue weighted by molar-refractivity contribution is -0.135. The van der Waals surface area contributed by atoms with Crippen LogP contribution >= 0.6 is 35.6 Å². The van der Waals surface area contributed by atoms with E-state index in [1.165, 1.54) is 0 Å². The maximum absolute atomic E-state index is 12.5. The molecule has 1 atom stereocenters. The number of piperazine rings is 1. The number of nitrogens with zero attached hydrogens (tertiary/aromatic N) is 3. The fraction of sp³-hybridized carbons (Fsp3) is 0.579. The van der Waals surface area contributed by atoms with Crippen LogP contribution in [0.25, 0.3) is 0 Å². The van der Waals surface area contributed by atoms with E-state index in [1.807, 2.05) is 54.8 Å². The van der Waals surface area contributed by atoms with Gasteiger partial charge in [-0.25, -0.2) is 0 Å². The third-order valence-electron chi connectivity index (χ3n) is 4.37. The first-order valence-corrected chi connectivity index (χ1v) is 10.8. The Morgan fingerprint density at radius 3 is 2.43 bits per heavy atom. The standard InChI is InChI=1S/C19H29ClN4O2S.HI/c1-19(2,3)27(26)12-9-22-18(21-4)24-11-10-23(17(25)14-24)13-15-5-7-16(20)8-6-15;/h5-8H,9-14H2,1-4H3,(H,21,22);1H. The van der Waals surface area contributed by atoms with Crippen molar-refractivity contribution in [2.24, 2.45) is 4.99 Å². The van der Waals surface area contributed by atoms with E-state index < -0.39 is 10.8 Å². The normalized spacial score (nSPS) is 16.6. The van der Waals surface area contributed by atoms with Crippen LogP contribution in [0.4, 0.5) is 0 Å². The summed E-state index contributed by atoms with van der Waals surface area (Å²) in [5, 5.41) is 3.92. The summed E-state index contributed by atoms with van der Waals surface area (Å²) in [6.07, 6.45) is 0. The molecule has 2 rings (SSSR count). The van der Waals surface area contributed by atoms with Crippen molar-refractivity contribution in [3.8, 4) is 0 Å². The third kappa shape index (κ3) is 7.51. The number of benzene rings is 1. The molecule has 1 saturated heterocycles. The Morgan fingerprint density at radius 2 is 1.89 bits per heavy atom. The second-order valence-electron chi connectivity index (χ2n) is 7.50. The first-order valence-electron chi connectivity index (χ1n) is 9.07. The van der Waals surface area contributed by atoms with Crippen LogP contribution in [0.1, 0.15) is 26.3 Å². The Labute approximate surface area is 192 Å². The number of rotatable bonds is 5. The minimum absolute atomic E-state index is 0. The molecule has 0 saturated carbocycles. The lowest BCUT2D eigenvalue weighted by Crippen LogP contribution is -2.55. The molecule has 1 aliphatic rings. The van der Waals surface area contributed by atoms with Gasteiger partial charge in [-0.2, -0.15) is 0 Å². The predicted octanol–water partition coefficient (Wildman–Crippen LogP) is 2.72. The summed E-state index contributed by atoms with van der Waals surface area (Å²) in [5.41, 5.74) is 1.06. The SMILES string of the molecule is CN=C(NCCS(=O)C(C)(C)C)N1CCN(Cc2ccc(Cl)cc2)C(=O)C1.I. The summed E-state index contributed by atoms with van der Waals surface area (Å²) in [6.45, 7) is 8.69. The number of guanidine groups is 1. The largest absolute Gasteiger partial charge is 0.355 e. The second-order valence-corrected chi connectivity index (χ2v) is 10.3. The maximum atomic E-state index is 12.5. The highest BCUT2D eigenvalue weighted by Gasteiger charge is 2.26. The number of carbonyl (C=O) groups excluding carboxylic acids is 1. The van der Waals surface area contributed by atoms with Gasteiger partial charge in [0.1, 0.15) is 0 Å². The number of amides is 1. The Hall–Kier alpha value is -0.870. The van der Waals surface area contributed by atoms with Crippen LogP contribution in [0.15, 0.2) is 29.3 Å². The third-order valence-corrected chi connectivity index (χ3v) is 6.56. The van der Waals surface area contributed by atoms with Gasteiger partial charge in [0.25, 0.3) is 0 Å². The van der Waals surface area contributed by atoms with Gasteiger partial charge in [-0.1, -0.05) is 23.7 Å². The van der Waals surface area contributed by atoms with Gasteiger partial charge < -0.3 is 15.1 Å². The summed E-state index contributed by atoms with van der Waals surface area (Å²) in [5.74, 6) is 1.30. The summed E-state index contributed by atoms with van der Waals surface area (Å²) < 4.78 is 11.9. The molecule has 1 heterocycles. The van der Waals surface area contributed by atoms with Crippen molar-refractivity contribution in [3.63, 3.8) is 0 Å². The zero-order valence-electron chi connectivity index (χ0n) is 16.9. The molecule has 0 spiro atoms. The molecule has 1 aliphatic heterocycles. The molecule has 0 aromatic heterocycles. The van der Waals surface area contributed by atoms with Gasteiger partial charge in [0.15, 0.2) is 5.96 Å². The van der Waals surface area contributed by atoms with Crippen molar-refractivity contribution in [3.05, 3.63) is 34.9 Å². The number of carbonyl (C=O) groups is 1. The van der Waals surface area contributed by atoms with Crippen LogP contribution in [0.5, 0.6) is 0 Å². The van der Waals surface area contributed by atoms with Crippen LogP contribution < -0.4 is 5.32 Å². The molecule has 1 N–H and O–H groups in total. The minimum atomic E-state index is -0.918. The van der Waals surface area contributed by atoms with Gasteiger partial charge in [0.2, 0.25) is 5.91 Å². The first kappa shape index (κ1) is 25.2. The zero-order chi connectivity index (χ0) is 20.0. The quantitative estimate of drug-likeness (QED) is 0.354. The van der Waals surface area contributed by atoms with Crippen molar-refractivity contribution >= 4 is 58.2 Å². The Kier molecular flexibility index (Phi) is 10.2. The van der Waals surface area contributed by atoms with Crippen LogP contribution in [0, 0.1) is 0 Å². The van der Waals surface area contributed by atoms with E-state index in [2.05, 4.69) is 10.3 Å². The van der Waals surface area contributed by atoms with E-state index in [4.69, 9.17) is 11.6 Å². The van der Waals surface area contributed by atoms with Crippen molar-refractivity contribution in [1.82, 2.24) is 15.1 Å². The van der Waals surface area contributed by atoms with Gasteiger partial charge in [0, 0.05) is 59.5 Å². The molecule has 158 valence electrons. The zero-order valence-corrected chi connectivity index (χ0v) is 20.8. The van der Waals surface area contributed by atoms with Crippen LogP contribution in [0.2, 0.25) is 5.02 Å². The van der Waals surface area contributed by atoms with Crippen molar-refractivity contribution in [2.75, 3.05) is 39.0 Å². The molecule has 1 aromatic carbocycles. The predicted molar refractivity (Wildman–Crippen MR) is 128 cm³/mol. The van der Waals surface area contributed by atoms with Crippen molar-refractivity contribution in [2.45, 2.75) is 32.1 Å². The molecule has 1 fully saturated rings. The van der Waals surface area contributed by atoms with E-state index in [0.717, 1.165) is 5.56 Å². The topological polar surface area (TPSA) is 65.0 Å². The van der Waals surface area contributed by atoms with Gasteiger partial charge >= 0.3 is 0 Å². The van der Waals surface area contributed by atoms with Crippen molar-refractivity contribution in [1.29, 1.82) is 0 Å². The summed E-state index contributed by atoms with van der Waals surface area (Å²) in [4.78, 5) is 20.6. The molecule has 0 radical (unpaired) electrons. The monoisotopic (exact) mass is 540 g/mol. The number of halogens is 2.